The Morgan fingerprint density at radius 2 is 1.85 bits per heavy atom. The van der Waals surface area contributed by atoms with Crippen LogP contribution in [0.15, 0.2) is 0 Å². The molecule has 3 unspecified atom stereocenters. The van der Waals surface area contributed by atoms with Gasteiger partial charge in [0.05, 0.1) is 24.9 Å². The third-order valence-corrected chi connectivity index (χ3v) is 4.01. The molecular weight excluding hydrogens is 250 g/mol. The van der Waals surface area contributed by atoms with Crippen molar-refractivity contribution in [2.45, 2.75) is 84.5 Å². The largest absolute Gasteiger partial charge is 0.374 e. The predicted octanol–water partition coefficient (Wildman–Crippen LogP) is 3.77. The van der Waals surface area contributed by atoms with Gasteiger partial charge in [-0.15, -0.1) is 0 Å². The first-order chi connectivity index (χ1) is 9.46. The molecule has 0 amide bonds. The Morgan fingerprint density at radius 1 is 1.10 bits per heavy atom. The van der Waals surface area contributed by atoms with Crippen molar-refractivity contribution >= 4 is 0 Å². The number of likely N-dealkylation sites (N-methyl/N-ethyl adjacent to an activating group) is 1. The lowest BCUT2D eigenvalue weighted by atomic mass is 9.81. The van der Waals surface area contributed by atoms with Gasteiger partial charge >= 0.3 is 0 Å². The van der Waals surface area contributed by atoms with Crippen LogP contribution >= 0.6 is 0 Å². The summed E-state index contributed by atoms with van der Waals surface area (Å²) in [5, 5.41) is 3.59. The molecule has 1 rings (SSSR count). The second kappa shape index (κ2) is 9.01. The molecule has 3 heteroatoms. The smallest absolute Gasteiger partial charge is 0.0731 e. The highest BCUT2D eigenvalue weighted by Gasteiger charge is 2.30. The first-order valence-electron chi connectivity index (χ1n) is 8.45. The number of hydrogen-bond acceptors (Lipinski definition) is 3. The van der Waals surface area contributed by atoms with Gasteiger partial charge in [0.2, 0.25) is 0 Å². The van der Waals surface area contributed by atoms with Crippen LogP contribution in [0.25, 0.3) is 0 Å². The zero-order chi connectivity index (χ0) is 15.0. The lowest BCUT2D eigenvalue weighted by molar-refractivity contribution is -0.0701. The minimum absolute atomic E-state index is 0.0677. The van der Waals surface area contributed by atoms with E-state index in [9.17, 15) is 0 Å². The molecule has 0 aromatic carbocycles. The van der Waals surface area contributed by atoms with E-state index in [2.05, 4.69) is 39.9 Å². The molecule has 0 spiro atoms. The number of rotatable bonds is 8. The maximum atomic E-state index is 6.13. The van der Waals surface area contributed by atoms with Crippen LogP contribution < -0.4 is 5.32 Å². The molecule has 1 N–H and O–H groups in total. The lowest BCUT2D eigenvalue weighted by Crippen LogP contribution is -2.46. The lowest BCUT2D eigenvalue weighted by Gasteiger charge is -2.36. The molecule has 1 saturated carbocycles. The molecular formula is C17H35NO2. The molecule has 20 heavy (non-hydrogen) atoms. The SMILES string of the molecule is CCCC1CCC(NCC)C(OCCOC(C)(C)C)C1. The van der Waals surface area contributed by atoms with Gasteiger partial charge in [0.15, 0.2) is 0 Å². The van der Waals surface area contributed by atoms with E-state index < -0.39 is 0 Å². The Labute approximate surface area is 125 Å². The minimum atomic E-state index is -0.0677. The summed E-state index contributed by atoms with van der Waals surface area (Å²) in [5.41, 5.74) is -0.0677. The van der Waals surface area contributed by atoms with Crippen LogP contribution in [0.4, 0.5) is 0 Å². The summed E-state index contributed by atoms with van der Waals surface area (Å²) in [7, 11) is 0. The van der Waals surface area contributed by atoms with Gasteiger partial charge in [-0.2, -0.15) is 0 Å². The van der Waals surface area contributed by atoms with Crippen LogP contribution in [0.3, 0.4) is 0 Å². The summed E-state index contributed by atoms with van der Waals surface area (Å²) in [4.78, 5) is 0. The van der Waals surface area contributed by atoms with Gasteiger partial charge in [0.1, 0.15) is 0 Å². The Hall–Kier alpha value is -0.120. The third kappa shape index (κ3) is 7.05. The first-order valence-corrected chi connectivity index (χ1v) is 8.45. The number of hydrogen-bond donors (Lipinski definition) is 1. The Balaban J connectivity index is 2.35. The fraction of sp³-hybridized carbons (Fsp3) is 1.00. The van der Waals surface area contributed by atoms with Gasteiger partial charge in [-0.25, -0.2) is 0 Å². The fourth-order valence-electron chi connectivity index (χ4n) is 3.11. The molecule has 1 fully saturated rings. The van der Waals surface area contributed by atoms with E-state index in [1.54, 1.807) is 0 Å². The molecule has 3 nitrogen and oxygen atoms in total. The molecule has 1 aliphatic carbocycles. The van der Waals surface area contributed by atoms with Crippen LogP contribution in [0.1, 0.15) is 66.7 Å². The summed E-state index contributed by atoms with van der Waals surface area (Å²) in [6.45, 7) is 13.2. The van der Waals surface area contributed by atoms with Crippen LogP contribution in [0.5, 0.6) is 0 Å². The zero-order valence-corrected chi connectivity index (χ0v) is 14.2. The first kappa shape index (κ1) is 17.9. The molecule has 0 saturated heterocycles. The van der Waals surface area contributed by atoms with E-state index in [0.717, 1.165) is 12.5 Å². The van der Waals surface area contributed by atoms with Gasteiger partial charge in [-0.05, 0) is 52.5 Å². The maximum absolute atomic E-state index is 6.13. The molecule has 0 bridgehead atoms. The Bertz CT molecular complexity index is 250. The van der Waals surface area contributed by atoms with Crippen molar-refractivity contribution in [3.63, 3.8) is 0 Å². The highest BCUT2D eigenvalue weighted by molar-refractivity contribution is 4.85. The van der Waals surface area contributed by atoms with Gasteiger partial charge in [-0.3, -0.25) is 0 Å². The maximum Gasteiger partial charge on any atom is 0.0731 e. The second-order valence-corrected chi connectivity index (χ2v) is 7.00. The molecule has 0 radical (unpaired) electrons. The molecule has 0 heterocycles. The van der Waals surface area contributed by atoms with Crippen molar-refractivity contribution in [1.29, 1.82) is 0 Å². The van der Waals surface area contributed by atoms with Crippen molar-refractivity contribution in [1.82, 2.24) is 5.32 Å². The molecule has 1 aliphatic rings. The van der Waals surface area contributed by atoms with Crippen LogP contribution in [-0.2, 0) is 9.47 Å². The average molecular weight is 285 g/mol. The monoisotopic (exact) mass is 285 g/mol. The average Bonchev–Trinajstić information content (AvgIpc) is 2.37. The summed E-state index contributed by atoms with van der Waals surface area (Å²) in [6.07, 6.45) is 6.81. The van der Waals surface area contributed by atoms with E-state index >= 15 is 0 Å². The summed E-state index contributed by atoms with van der Waals surface area (Å²) in [6, 6.07) is 0.530. The molecule has 0 aromatic heterocycles. The van der Waals surface area contributed by atoms with Crippen molar-refractivity contribution in [2.75, 3.05) is 19.8 Å². The van der Waals surface area contributed by atoms with Crippen LogP contribution in [0.2, 0.25) is 0 Å². The molecule has 120 valence electrons. The normalized spacial score (nSPS) is 27.8. The molecule has 0 aliphatic heterocycles. The van der Waals surface area contributed by atoms with E-state index in [-0.39, 0.29) is 5.60 Å². The Kier molecular flexibility index (Phi) is 8.08. The van der Waals surface area contributed by atoms with Crippen LogP contribution in [0, 0.1) is 5.92 Å². The highest BCUT2D eigenvalue weighted by Crippen LogP contribution is 2.30. The van der Waals surface area contributed by atoms with E-state index in [1.165, 1.54) is 32.1 Å². The Morgan fingerprint density at radius 3 is 2.45 bits per heavy atom. The molecule has 3 atom stereocenters. The third-order valence-electron chi connectivity index (χ3n) is 4.01. The van der Waals surface area contributed by atoms with Gasteiger partial charge in [0, 0.05) is 6.04 Å². The van der Waals surface area contributed by atoms with Gasteiger partial charge in [-0.1, -0.05) is 26.7 Å². The van der Waals surface area contributed by atoms with Gasteiger partial charge in [0.25, 0.3) is 0 Å². The summed E-state index contributed by atoms with van der Waals surface area (Å²) in [5.74, 6) is 0.850. The standard InChI is InChI=1S/C17H35NO2/c1-6-8-14-9-10-15(18-7-2)16(13-14)19-11-12-20-17(3,4)5/h14-16,18H,6-13H2,1-5H3. The zero-order valence-electron chi connectivity index (χ0n) is 14.2. The quantitative estimate of drug-likeness (QED) is 0.689. The van der Waals surface area contributed by atoms with Gasteiger partial charge < -0.3 is 14.8 Å². The number of nitrogens with one attached hydrogen (secondary N) is 1. The van der Waals surface area contributed by atoms with Crippen LogP contribution in [-0.4, -0.2) is 37.5 Å². The fourth-order valence-corrected chi connectivity index (χ4v) is 3.11. The van der Waals surface area contributed by atoms with Crippen molar-refractivity contribution in [3.8, 4) is 0 Å². The van der Waals surface area contributed by atoms with E-state index in [1.807, 2.05) is 0 Å². The topological polar surface area (TPSA) is 30.5 Å². The minimum Gasteiger partial charge on any atom is -0.374 e. The second-order valence-electron chi connectivity index (χ2n) is 7.00. The highest BCUT2D eigenvalue weighted by atomic mass is 16.5. The summed E-state index contributed by atoms with van der Waals surface area (Å²) >= 11 is 0. The molecule has 0 aromatic rings. The summed E-state index contributed by atoms with van der Waals surface area (Å²) < 4.78 is 11.9. The van der Waals surface area contributed by atoms with Crippen molar-refractivity contribution in [3.05, 3.63) is 0 Å². The number of ether oxygens (including phenoxy) is 2. The van der Waals surface area contributed by atoms with E-state index in [4.69, 9.17) is 9.47 Å². The van der Waals surface area contributed by atoms with Crippen molar-refractivity contribution < 1.29 is 9.47 Å². The predicted molar refractivity (Wildman–Crippen MR) is 85.2 cm³/mol. The van der Waals surface area contributed by atoms with E-state index in [0.29, 0.717) is 25.4 Å². The van der Waals surface area contributed by atoms with Crippen molar-refractivity contribution in [2.24, 2.45) is 5.92 Å².